The van der Waals surface area contributed by atoms with E-state index in [1.165, 1.54) is 6.92 Å². The summed E-state index contributed by atoms with van der Waals surface area (Å²) in [6.45, 7) is 1.74. The molecular formula is C19H23N3O3. The summed E-state index contributed by atoms with van der Waals surface area (Å²) in [7, 11) is 5.46. The monoisotopic (exact) mass is 341 g/mol. The van der Waals surface area contributed by atoms with Crippen LogP contribution in [-0.2, 0) is 11.3 Å². The molecular weight excluding hydrogens is 318 g/mol. The average molecular weight is 341 g/mol. The van der Waals surface area contributed by atoms with Gasteiger partial charge in [-0.25, -0.2) is 0 Å². The smallest absolute Gasteiger partial charge is 0.251 e. The highest BCUT2D eigenvalue weighted by atomic mass is 16.5. The molecule has 2 aromatic carbocycles. The maximum absolute atomic E-state index is 12.3. The molecule has 0 aliphatic carbocycles. The van der Waals surface area contributed by atoms with Crippen molar-refractivity contribution in [2.24, 2.45) is 0 Å². The van der Waals surface area contributed by atoms with Crippen LogP contribution < -0.4 is 20.3 Å². The molecule has 2 N–H and O–H groups in total. The number of carbonyl (C=O) groups excluding carboxylic acids is 2. The van der Waals surface area contributed by atoms with Gasteiger partial charge in [0.05, 0.1) is 7.11 Å². The van der Waals surface area contributed by atoms with Gasteiger partial charge in [0.25, 0.3) is 5.91 Å². The lowest BCUT2D eigenvalue weighted by Crippen LogP contribution is -2.23. The highest BCUT2D eigenvalue weighted by molar-refractivity contribution is 5.94. The number of hydrogen-bond acceptors (Lipinski definition) is 4. The van der Waals surface area contributed by atoms with Crippen LogP contribution in [0.4, 0.5) is 11.4 Å². The first-order chi connectivity index (χ1) is 11.9. The Morgan fingerprint density at radius 1 is 1.08 bits per heavy atom. The predicted octanol–water partition coefficient (Wildman–Crippen LogP) is 2.65. The first kappa shape index (κ1) is 18.3. The maximum atomic E-state index is 12.3. The van der Waals surface area contributed by atoms with Crippen LogP contribution in [-0.4, -0.2) is 33.0 Å². The van der Waals surface area contributed by atoms with Gasteiger partial charge in [0.1, 0.15) is 5.75 Å². The second kappa shape index (κ2) is 8.19. The standard InChI is InChI=1S/C19H23N3O3/c1-13(23)21-16-7-10-18(25-4)15(11-16)12-20-19(24)14-5-8-17(9-6-14)22(2)3/h5-11H,12H2,1-4H3,(H,20,24)(H,21,23). The van der Waals surface area contributed by atoms with Crippen molar-refractivity contribution < 1.29 is 14.3 Å². The molecule has 0 spiro atoms. The Labute approximate surface area is 147 Å². The molecule has 0 fully saturated rings. The minimum absolute atomic E-state index is 0.152. The lowest BCUT2D eigenvalue weighted by atomic mass is 10.1. The number of rotatable bonds is 6. The fourth-order valence-corrected chi connectivity index (χ4v) is 2.39. The van der Waals surface area contributed by atoms with E-state index in [9.17, 15) is 9.59 Å². The highest BCUT2D eigenvalue weighted by Crippen LogP contribution is 2.22. The molecule has 25 heavy (non-hydrogen) atoms. The van der Waals surface area contributed by atoms with Gasteiger partial charge in [0.15, 0.2) is 0 Å². The third-order valence-electron chi connectivity index (χ3n) is 3.69. The van der Waals surface area contributed by atoms with Crippen LogP contribution in [0.2, 0.25) is 0 Å². The molecule has 0 radical (unpaired) electrons. The van der Waals surface area contributed by atoms with Crippen LogP contribution in [0, 0.1) is 0 Å². The Hall–Kier alpha value is -3.02. The number of nitrogens with zero attached hydrogens (tertiary/aromatic N) is 1. The van der Waals surface area contributed by atoms with E-state index in [1.54, 1.807) is 37.4 Å². The van der Waals surface area contributed by atoms with Gasteiger partial charge in [0.2, 0.25) is 5.91 Å². The summed E-state index contributed by atoms with van der Waals surface area (Å²) in [5.41, 5.74) is 3.06. The summed E-state index contributed by atoms with van der Waals surface area (Å²) in [4.78, 5) is 25.5. The van der Waals surface area contributed by atoms with Gasteiger partial charge in [-0.1, -0.05) is 0 Å². The normalized spacial score (nSPS) is 10.1. The highest BCUT2D eigenvalue weighted by Gasteiger charge is 2.09. The molecule has 2 rings (SSSR count). The van der Waals surface area contributed by atoms with E-state index in [4.69, 9.17) is 4.74 Å². The fraction of sp³-hybridized carbons (Fsp3) is 0.263. The maximum Gasteiger partial charge on any atom is 0.251 e. The van der Waals surface area contributed by atoms with Crippen molar-refractivity contribution in [3.05, 3.63) is 53.6 Å². The number of nitrogens with one attached hydrogen (secondary N) is 2. The first-order valence-electron chi connectivity index (χ1n) is 7.91. The van der Waals surface area contributed by atoms with Gasteiger partial charge < -0.3 is 20.3 Å². The average Bonchev–Trinajstić information content (AvgIpc) is 2.59. The molecule has 0 aromatic heterocycles. The topological polar surface area (TPSA) is 70.7 Å². The van der Waals surface area contributed by atoms with Crippen LogP contribution in [0.15, 0.2) is 42.5 Å². The number of ether oxygens (including phenoxy) is 1. The number of benzene rings is 2. The van der Waals surface area contributed by atoms with E-state index in [1.807, 2.05) is 31.1 Å². The summed E-state index contributed by atoms with van der Waals surface area (Å²) >= 11 is 0. The van der Waals surface area contributed by atoms with Crippen LogP contribution >= 0.6 is 0 Å². The van der Waals surface area contributed by atoms with Gasteiger partial charge in [-0.05, 0) is 42.5 Å². The predicted molar refractivity (Wildman–Crippen MR) is 99.2 cm³/mol. The minimum atomic E-state index is -0.169. The Morgan fingerprint density at radius 2 is 1.76 bits per heavy atom. The van der Waals surface area contributed by atoms with E-state index < -0.39 is 0 Å². The zero-order valence-electron chi connectivity index (χ0n) is 14.9. The fourth-order valence-electron chi connectivity index (χ4n) is 2.39. The molecule has 6 nitrogen and oxygen atoms in total. The molecule has 0 atom stereocenters. The molecule has 0 aliphatic heterocycles. The van der Waals surface area contributed by atoms with Crippen molar-refractivity contribution in [3.8, 4) is 5.75 Å². The molecule has 0 bridgehead atoms. The van der Waals surface area contributed by atoms with Crippen molar-refractivity contribution in [1.82, 2.24) is 5.32 Å². The molecule has 0 saturated carbocycles. The Kier molecular flexibility index (Phi) is 6.00. The zero-order chi connectivity index (χ0) is 18.4. The van der Waals surface area contributed by atoms with E-state index in [0.29, 0.717) is 23.5 Å². The third-order valence-corrected chi connectivity index (χ3v) is 3.69. The molecule has 2 amide bonds. The molecule has 0 unspecified atom stereocenters. The first-order valence-corrected chi connectivity index (χ1v) is 7.91. The van der Waals surface area contributed by atoms with Crippen LogP contribution in [0.5, 0.6) is 5.75 Å². The van der Waals surface area contributed by atoms with E-state index in [2.05, 4.69) is 10.6 Å². The Balaban J connectivity index is 2.08. The van der Waals surface area contributed by atoms with Gasteiger partial charge in [-0.3, -0.25) is 9.59 Å². The second-order valence-corrected chi connectivity index (χ2v) is 5.83. The molecule has 6 heteroatoms. The molecule has 132 valence electrons. The lowest BCUT2D eigenvalue weighted by Gasteiger charge is -2.14. The number of hydrogen-bond donors (Lipinski definition) is 2. The van der Waals surface area contributed by atoms with Crippen molar-refractivity contribution >= 4 is 23.2 Å². The van der Waals surface area contributed by atoms with Gasteiger partial charge >= 0.3 is 0 Å². The SMILES string of the molecule is COc1ccc(NC(C)=O)cc1CNC(=O)c1ccc(N(C)C)cc1. The van der Waals surface area contributed by atoms with Crippen molar-refractivity contribution in [1.29, 1.82) is 0 Å². The summed E-state index contributed by atoms with van der Waals surface area (Å²) in [5, 5.41) is 5.59. The van der Waals surface area contributed by atoms with Crippen LogP contribution in [0.25, 0.3) is 0 Å². The van der Waals surface area contributed by atoms with Gasteiger partial charge in [-0.2, -0.15) is 0 Å². The zero-order valence-corrected chi connectivity index (χ0v) is 14.9. The number of amides is 2. The third kappa shape index (κ3) is 4.97. The number of anilines is 2. The van der Waals surface area contributed by atoms with Crippen LogP contribution in [0.3, 0.4) is 0 Å². The molecule has 0 heterocycles. The van der Waals surface area contributed by atoms with E-state index in [0.717, 1.165) is 11.3 Å². The summed E-state index contributed by atoms with van der Waals surface area (Å²) in [5.74, 6) is 0.329. The summed E-state index contributed by atoms with van der Waals surface area (Å²) in [6, 6.07) is 12.7. The number of methoxy groups -OCH3 is 1. The van der Waals surface area contributed by atoms with Crippen molar-refractivity contribution in [3.63, 3.8) is 0 Å². The van der Waals surface area contributed by atoms with E-state index in [-0.39, 0.29) is 11.8 Å². The Morgan fingerprint density at radius 3 is 2.32 bits per heavy atom. The molecule has 0 saturated heterocycles. The van der Waals surface area contributed by atoms with Gasteiger partial charge in [-0.15, -0.1) is 0 Å². The molecule has 2 aromatic rings. The van der Waals surface area contributed by atoms with Crippen molar-refractivity contribution in [2.75, 3.05) is 31.4 Å². The van der Waals surface area contributed by atoms with Gasteiger partial charge in [0, 0.05) is 50.1 Å². The van der Waals surface area contributed by atoms with Crippen molar-refractivity contribution in [2.45, 2.75) is 13.5 Å². The summed E-state index contributed by atoms with van der Waals surface area (Å²) < 4.78 is 5.32. The minimum Gasteiger partial charge on any atom is -0.496 e. The Bertz CT molecular complexity index is 755. The quantitative estimate of drug-likeness (QED) is 0.847. The lowest BCUT2D eigenvalue weighted by molar-refractivity contribution is -0.114. The molecule has 0 aliphatic rings. The van der Waals surface area contributed by atoms with E-state index >= 15 is 0 Å². The largest absolute Gasteiger partial charge is 0.496 e. The summed E-state index contributed by atoms with van der Waals surface area (Å²) in [6.07, 6.45) is 0. The second-order valence-electron chi connectivity index (χ2n) is 5.83. The van der Waals surface area contributed by atoms with Crippen LogP contribution in [0.1, 0.15) is 22.8 Å². The number of carbonyl (C=O) groups is 2.